The second-order valence-electron chi connectivity index (χ2n) is 3.46. The molecule has 0 aliphatic rings. The summed E-state index contributed by atoms with van der Waals surface area (Å²) >= 11 is 0. The number of nitriles is 1. The molecule has 0 aliphatic heterocycles. The minimum Gasteiger partial charge on any atom is -0.495 e. The molecule has 0 aliphatic carbocycles. The van der Waals surface area contributed by atoms with Gasteiger partial charge in [-0.1, -0.05) is 12.1 Å². The maximum Gasteiger partial charge on any atom is 0.251 e. The third-order valence-electron chi connectivity index (χ3n) is 2.43. The summed E-state index contributed by atoms with van der Waals surface area (Å²) in [6.07, 6.45) is 0. The van der Waals surface area contributed by atoms with Crippen LogP contribution in [0, 0.1) is 11.3 Å². The summed E-state index contributed by atoms with van der Waals surface area (Å²) in [5.74, 6) is 0.448. The lowest BCUT2D eigenvalue weighted by molar-refractivity contribution is 0.416. The molecule has 0 N–H and O–H groups in total. The van der Waals surface area contributed by atoms with Gasteiger partial charge in [0.15, 0.2) is 5.25 Å². The number of para-hydroxylation sites is 2. The molecule has 0 bridgehead atoms. The number of sulfonamides is 1. The first kappa shape index (κ1) is 13.3. The molecule has 1 aromatic rings. The summed E-state index contributed by atoms with van der Waals surface area (Å²) in [5.41, 5.74) is 0.414. The maximum atomic E-state index is 12.0. The highest BCUT2D eigenvalue weighted by Crippen LogP contribution is 2.29. The fraction of sp³-hybridized carbons (Fsp3) is 0.364. The van der Waals surface area contributed by atoms with Crippen LogP contribution in [0.4, 0.5) is 5.69 Å². The lowest BCUT2D eigenvalue weighted by Gasteiger charge is -2.22. The van der Waals surface area contributed by atoms with Crippen LogP contribution in [0.3, 0.4) is 0 Å². The highest BCUT2D eigenvalue weighted by Gasteiger charge is 2.27. The number of methoxy groups -OCH3 is 1. The molecular weight excluding hydrogens is 240 g/mol. The van der Waals surface area contributed by atoms with Gasteiger partial charge in [-0.05, 0) is 19.1 Å². The van der Waals surface area contributed by atoms with Gasteiger partial charge in [0.1, 0.15) is 5.75 Å². The minimum atomic E-state index is -3.68. The van der Waals surface area contributed by atoms with E-state index in [1.807, 2.05) is 0 Å². The van der Waals surface area contributed by atoms with E-state index >= 15 is 0 Å². The second-order valence-corrected chi connectivity index (χ2v) is 5.74. The van der Waals surface area contributed by atoms with Gasteiger partial charge in [0, 0.05) is 7.05 Å². The predicted molar refractivity (Wildman–Crippen MR) is 65.4 cm³/mol. The third kappa shape index (κ3) is 2.50. The van der Waals surface area contributed by atoms with Crippen LogP contribution in [0.1, 0.15) is 6.92 Å². The zero-order valence-electron chi connectivity index (χ0n) is 9.91. The lowest BCUT2D eigenvalue weighted by atomic mass is 10.3. The van der Waals surface area contributed by atoms with Crippen LogP contribution < -0.4 is 9.04 Å². The molecule has 1 rings (SSSR count). The van der Waals surface area contributed by atoms with Crippen molar-refractivity contribution in [2.75, 3.05) is 18.5 Å². The Kier molecular flexibility index (Phi) is 3.97. The van der Waals surface area contributed by atoms with Crippen LogP contribution in [0.15, 0.2) is 24.3 Å². The molecule has 17 heavy (non-hydrogen) atoms. The SMILES string of the molecule is COc1ccccc1N(C)S(=O)(=O)C(C)C#N. The quantitative estimate of drug-likeness (QED) is 0.813. The summed E-state index contributed by atoms with van der Waals surface area (Å²) in [4.78, 5) is 0. The van der Waals surface area contributed by atoms with Gasteiger partial charge in [-0.25, -0.2) is 8.42 Å². The van der Waals surface area contributed by atoms with Gasteiger partial charge in [-0.15, -0.1) is 0 Å². The van der Waals surface area contributed by atoms with E-state index < -0.39 is 15.3 Å². The molecule has 0 aromatic heterocycles. The number of nitrogens with zero attached hydrogens (tertiary/aromatic N) is 2. The highest BCUT2D eigenvalue weighted by atomic mass is 32.2. The average molecular weight is 254 g/mol. The van der Waals surface area contributed by atoms with E-state index in [0.29, 0.717) is 11.4 Å². The number of rotatable bonds is 4. The van der Waals surface area contributed by atoms with Crippen molar-refractivity contribution < 1.29 is 13.2 Å². The van der Waals surface area contributed by atoms with Crippen molar-refractivity contribution in [2.24, 2.45) is 0 Å². The van der Waals surface area contributed by atoms with Gasteiger partial charge in [0.2, 0.25) is 0 Å². The minimum absolute atomic E-state index is 0.414. The van der Waals surface area contributed by atoms with Crippen molar-refractivity contribution in [1.29, 1.82) is 5.26 Å². The van der Waals surface area contributed by atoms with Crippen molar-refractivity contribution in [1.82, 2.24) is 0 Å². The lowest BCUT2D eigenvalue weighted by Crippen LogP contribution is -2.34. The Morgan fingerprint density at radius 1 is 1.41 bits per heavy atom. The molecule has 6 heteroatoms. The molecule has 0 amide bonds. The van der Waals surface area contributed by atoms with Crippen LogP contribution in [0.2, 0.25) is 0 Å². The van der Waals surface area contributed by atoms with Crippen molar-refractivity contribution in [3.8, 4) is 11.8 Å². The van der Waals surface area contributed by atoms with Gasteiger partial charge < -0.3 is 4.74 Å². The number of hydrogen-bond acceptors (Lipinski definition) is 4. The fourth-order valence-electron chi connectivity index (χ4n) is 1.33. The van der Waals surface area contributed by atoms with Crippen LogP contribution in [-0.4, -0.2) is 27.8 Å². The van der Waals surface area contributed by atoms with Gasteiger partial charge >= 0.3 is 0 Å². The fourth-order valence-corrected chi connectivity index (χ4v) is 2.36. The number of benzene rings is 1. The summed E-state index contributed by atoms with van der Waals surface area (Å²) in [5, 5.41) is 7.61. The van der Waals surface area contributed by atoms with Crippen LogP contribution in [-0.2, 0) is 10.0 Å². The van der Waals surface area contributed by atoms with E-state index in [-0.39, 0.29) is 0 Å². The van der Waals surface area contributed by atoms with E-state index in [0.717, 1.165) is 4.31 Å². The molecule has 1 atom stereocenters. The van der Waals surface area contributed by atoms with Crippen molar-refractivity contribution >= 4 is 15.7 Å². The zero-order chi connectivity index (χ0) is 13.1. The number of anilines is 1. The number of hydrogen-bond donors (Lipinski definition) is 0. The Morgan fingerprint density at radius 3 is 2.53 bits per heavy atom. The first-order valence-electron chi connectivity index (χ1n) is 4.95. The van der Waals surface area contributed by atoms with E-state index in [1.165, 1.54) is 21.1 Å². The molecule has 0 saturated carbocycles. The Hall–Kier alpha value is -1.74. The van der Waals surface area contributed by atoms with Gasteiger partial charge in [-0.3, -0.25) is 4.31 Å². The average Bonchev–Trinajstić information content (AvgIpc) is 2.36. The van der Waals surface area contributed by atoms with Gasteiger partial charge in [0.25, 0.3) is 10.0 Å². The molecule has 0 saturated heterocycles. The largest absolute Gasteiger partial charge is 0.495 e. The first-order valence-corrected chi connectivity index (χ1v) is 6.46. The third-order valence-corrected chi connectivity index (χ3v) is 4.39. The number of ether oxygens (including phenoxy) is 1. The van der Waals surface area contributed by atoms with Crippen molar-refractivity contribution in [2.45, 2.75) is 12.2 Å². The monoisotopic (exact) mass is 254 g/mol. The van der Waals surface area contributed by atoms with E-state index in [2.05, 4.69) is 0 Å². The normalized spacial score (nSPS) is 12.6. The molecule has 0 heterocycles. The smallest absolute Gasteiger partial charge is 0.251 e. The Bertz CT molecular complexity index is 534. The van der Waals surface area contributed by atoms with Crippen molar-refractivity contribution in [3.63, 3.8) is 0 Å². The molecule has 1 unspecified atom stereocenters. The van der Waals surface area contributed by atoms with Crippen molar-refractivity contribution in [3.05, 3.63) is 24.3 Å². The summed E-state index contributed by atoms with van der Waals surface area (Å²) in [7, 11) is -0.813. The Labute approximate surface area is 101 Å². The Balaban J connectivity index is 3.22. The molecule has 0 spiro atoms. The van der Waals surface area contributed by atoms with Gasteiger partial charge in [-0.2, -0.15) is 5.26 Å². The highest BCUT2D eigenvalue weighted by molar-refractivity contribution is 7.93. The first-order chi connectivity index (χ1) is 7.95. The maximum absolute atomic E-state index is 12.0. The van der Waals surface area contributed by atoms with Gasteiger partial charge in [0.05, 0.1) is 18.9 Å². The second kappa shape index (κ2) is 5.06. The van der Waals surface area contributed by atoms with E-state index in [9.17, 15) is 8.42 Å². The summed E-state index contributed by atoms with van der Waals surface area (Å²) in [6, 6.07) is 8.47. The van der Waals surface area contributed by atoms with Crippen LogP contribution in [0.25, 0.3) is 0 Å². The van der Waals surface area contributed by atoms with Crippen LogP contribution >= 0.6 is 0 Å². The molecule has 5 nitrogen and oxygen atoms in total. The molecule has 92 valence electrons. The van der Waals surface area contributed by atoms with E-state index in [4.69, 9.17) is 10.00 Å². The molecule has 1 aromatic carbocycles. The predicted octanol–water partition coefficient (Wildman–Crippen LogP) is 1.37. The zero-order valence-corrected chi connectivity index (χ0v) is 10.7. The Morgan fingerprint density at radius 2 is 2.00 bits per heavy atom. The summed E-state index contributed by atoms with van der Waals surface area (Å²) < 4.78 is 30.1. The molecular formula is C11H14N2O3S. The van der Waals surface area contributed by atoms with E-state index in [1.54, 1.807) is 30.3 Å². The van der Waals surface area contributed by atoms with Crippen LogP contribution in [0.5, 0.6) is 5.75 Å². The standard InChI is InChI=1S/C11H14N2O3S/c1-9(8-12)17(14,15)13(2)10-6-4-5-7-11(10)16-3/h4-7,9H,1-3H3. The molecule has 0 radical (unpaired) electrons. The molecule has 0 fully saturated rings. The summed E-state index contributed by atoms with van der Waals surface area (Å²) in [6.45, 7) is 1.35. The topological polar surface area (TPSA) is 70.4 Å².